The van der Waals surface area contributed by atoms with Crippen molar-refractivity contribution in [3.63, 3.8) is 0 Å². The molecule has 0 atom stereocenters. The summed E-state index contributed by atoms with van der Waals surface area (Å²) in [6, 6.07) is 0.924. The molecule has 0 bridgehead atoms. The maximum Gasteiger partial charge on any atom is 0.00954 e. The van der Waals surface area contributed by atoms with E-state index in [2.05, 4.69) is 24.2 Å². The fraction of sp³-hybridized carbons (Fsp3) is 1.00. The van der Waals surface area contributed by atoms with Crippen LogP contribution in [0, 0.1) is 11.8 Å². The van der Waals surface area contributed by atoms with Crippen LogP contribution in [0.5, 0.6) is 0 Å². The van der Waals surface area contributed by atoms with Crippen molar-refractivity contribution in [3.8, 4) is 0 Å². The Morgan fingerprint density at radius 3 is 2.12 bits per heavy atom. The average molecular weight is 238 g/mol. The van der Waals surface area contributed by atoms with Crippen molar-refractivity contribution in [2.24, 2.45) is 11.8 Å². The summed E-state index contributed by atoms with van der Waals surface area (Å²) >= 11 is 0. The molecule has 0 unspecified atom stereocenters. The Morgan fingerprint density at radius 2 is 1.59 bits per heavy atom. The summed E-state index contributed by atoms with van der Waals surface area (Å²) in [6.45, 7) is 6.28. The molecule has 2 aliphatic rings. The number of hydrogen-bond acceptors (Lipinski definition) is 2. The van der Waals surface area contributed by atoms with Crippen LogP contribution in [0.1, 0.15) is 51.9 Å². The molecule has 0 radical (unpaired) electrons. The minimum atomic E-state index is 0.924. The molecule has 0 amide bonds. The molecule has 100 valence electrons. The van der Waals surface area contributed by atoms with Crippen molar-refractivity contribution in [1.29, 1.82) is 0 Å². The molecule has 1 heterocycles. The molecule has 2 rings (SSSR count). The van der Waals surface area contributed by atoms with E-state index in [0.717, 1.165) is 17.9 Å². The summed E-state index contributed by atoms with van der Waals surface area (Å²) in [4.78, 5) is 2.79. The van der Waals surface area contributed by atoms with E-state index in [1.54, 1.807) is 0 Å². The Balaban J connectivity index is 1.70. The highest BCUT2D eigenvalue weighted by Gasteiger charge is 2.28. The lowest BCUT2D eigenvalue weighted by Crippen LogP contribution is -2.44. The van der Waals surface area contributed by atoms with Crippen LogP contribution < -0.4 is 5.32 Å². The standard InChI is InChI=1S/C15H30N2/c1-3-13-4-6-15(7-5-13)17-10-8-14(9-11-17)12-16-2/h13-16H,3-12H2,1-2H3. The third-order valence-corrected chi connectivity index (χ3v) is 5.05. The lowest BCUT2D eigenvalue weighted by molar-refractivity contribution is 0.0940. The first-order valence-electron chi connectivity index (χ1n) is 7.72. The molecule has 0 aromatic heterocycles. The molecule has 17 heavy (non-hydrogen) atoms. The monoisotopic (exact) mass is 238 g/mol. The van der Waals surface area contributed by atoms with E-state index in [-0.39, 0.29) is 0 Å². The zero-order valence-corrected chi connectivity index (χ0v) is 11.8. The fourth-order valence-corrected chi connectivity index (χ4v) is 3.73. The van der Waals surface area contributed by atoms with E-state index in [4.69, 9.17) is 0 Å². The van der Waals surface area contributed by atoms with E-state index in [0.29, 0.717) is 0 Å². The van der Waals surface area contributed by atoms with Crippen molar-refractivity contribution >= 4 is 0 Å². The van der Waals surface area contributed by atoms with Gasteiger partial charge in [-0.05, 0) is 77.0 Å². The summed E-state index contributed by atoms with van der Waals surface area (Å²) in [7, 11) is 2.08. The zero-order chi connectivity index (χ0) is 12.1. The Bertz CT molecular complexity index is 201. The fourth-order valence-electron chi connectivity index (χ4n) is 3.73. The summed E-state index contributed by atoms with van der Waals surface area (Å²) in [5.41, 5.74) is 0. The van der Waals surface area contributed by atoms with Gasteiger partial charge in [0.1, 0.15) is 0 Å². The van der Waals surface area contributed by atoms with E-state index in [9.17, 15) is 0 Å². The topological polar surface area (TPSA) is 15.3 Å². The normalized spacial score (nSPS) is 32.8. The SMILES string of the molecule is CCC1CCC(N2CCC(CNC)CC2)CC1. The third kappa shape index (κ3) is 3.69. The van der Waals surface area contributed by atoms with Gasteiger partial charge in [-0.15, -0.1) is 0 Å². The zero-order valence-electron chi connectivity index (χ0n) is 11.8. The second-order valence-corrected chi connectivity index (χ2v) is 6.12. The van der Waals surface area contributed by atoms with Gasteiger partial charge in [0.15, 0.2) is 0 Å². The number of piperidine rings is 1. The molecule has 1 N–H and O–H groups in total. The average Bonchev–Trinajstić information content (AvgIpc) is 2.40. The molecule has 1 aliphatic heterocycles. The van der Waals surface area contributed by atoms with Gasteiger partial charge in [-0.2, -0.15) is 0 Å². The van der Waals surface area contributed by atoms with Crippen molar-refractivity contribution in [2.75, 3.05) is 26.7 Å². The van der Waals surface area contributed by atoms with Crippen LogP contribution in [0.25, 0.3) is 0 Å². The van der Waals surface area contributed by atoms with Gasteiger partial charge in [0.05, 0.1) is 0 Å². The molecule has 0 aromatic rings. The van der Waals surface area contributed by atoms with E-state index < -0.39 is 0 Å². The van der Waals surface area contributed by atoms with Crippen LogP contribution in [-0.4, -0.2) is 37.6 Å². The summed E-state index contributed by atoms with van der Waals surface area (Å²) in [6.07, 6.45) is 10.1. The predicted molar refractivity (Wildman–Crippen MR) is 74.3 cm³/mol. The molecule has 1 saturated carbocycles. The highest BCUT2D eigenvalue weighted by atomic mass is 15.2. The lowest BCUT2D eigenvalue weighted by atomic mass is 9.83. The molecule has 0 spiro atoms. The molecular weight excluding hydrogens is 208 g/mol. The van der Waals surface area contributed by atoms with Gasteiger partial charge in [-0.3, -0.25) is 0 Å². The highest BCUT2D eigenvalue weighted by molar-refractivity contribution is 4.83. The van der Waals surface area contributed by atoms with Crippen molar-refractivity contribution in [3.05, 3.63) is 0 Å². The molecule has 2 fully saturated rings. The largest absolute Gasteiger partial charge is 0.319 e. The van der Waals surface area contributed by atoms with Crippen LogP contribution >= 0.6 is 0 Å². The van der Waals surface area contributed by atoms with Gasteiger partial charge >= 0.3 is 0 Å². The van der Waals surface area contributed by atoms with Crippen molar-refractivity contribution in [1.82, 2.24) is 10.2 Å². The van der Waals surface area contributed by atoms with Gasteiger partial charge in [0.2, 0.25) is 0 Å². The van der Waals surface area contributed by atoms with E-state index in [1.165, 1.54) is 64.6 Å². The van der Waals surface area contributed by atoms with Crippen molar-refractivity contribution < 1.29 is 0 Å². The number of hydrogen-bond donors (Lipinski definition) is 1. The van der Waals surface area contributed by atoms with Gasteiger partial charge in [0, 0.05) is 6.04 Å². The van der Waals surface area contributed by atoms with E-state index >= 15 is 0 Å². The quantitative estimate of drug-likeness (QED) is 0.810. The first-order valence-corrected chi connectivity index (χ1v) is 7.72. The molecule has 2 nitrogen and oxygen atoms in total. The van der Waals surface area contributed by atoms with Crippen LogP contribution in [0.4, 0.5) is 0 Å². The third-order valence-electron chi connectivity index (χ3n) is 5.05. The predicted octanol–water partition coefficient (Wildman–Crippen LogP) is 2.89. The Hall–Kier alpha value is -0.0800. The van der Waals surface area contributed by atoms with Crippen LogP contribution in [0.2, 0.25) is 0 Å². The number of likely N-dealkylation sites (tertiary alicyclic amines) is 1. The highest BCUT2D eigenvalue weighted by Crippen LogP contribution is 2.31. The minimum Gasteiger partial charge on any atom is -0.319 e. The Kier molecular flexibility index (Phi) is 5.30. The van der Waals surface area contributed by atoms with Crippen LogP contribution in [0.3, 0.4) is 0 Å². The van der Waals surface area contributed by atoms with Crippen molar-refractivity contribution in [2.45, 2.75) is 57.9 Å². The van der Waals surface area contributed by atoms with Gasteiger partial charge in [-0.25, -0.2) is 0 Å². The summed E-state index contributed by atoms with van der Waals surface area (Å²) in [5.74, 6) is 1.97. The maximum atomic E-state index is 3.33. The Morgan fingerprint density at radius 1 is 0.941 bits per heavy atom. The number of rotatable bonds is 4. The summed E-state index contributed by atoms with van der Waals surface area (Å²) < 4.78 is 0. The Labute approximate surface area is 107 Å². The second-order valence-electron chi connectivity index (χ2n) is 6.12. The smallest absolute Gasteiger partial charge is 0.00954 e. The van der Waals surface area contributed by atoms with Gasteiger partial charge < -0.3 is 10.2 Å². The second kappa shape index (κ2) is 6.75. The van der Waals surface area contributed by atoms with E-state index in [1.807, 2.05) is 0 Å². The number of nitrogens with one attached hydrogen (secondary N) is 1. The molecule has 0 aromatic carbocycles. The van der Waals surface area contributed by atoms with Gasteiger partial charge in [0.25, 0.3) is 0 Å². The molecule has 2 heteroatoms. The molecule has 1 saturated heterocycles. The molecular formula is C15H30N2. The van der Waals surface area contributed by atoms with Crippen LogP contribution in [-0.2, 0) is 0 Å². The first kappa shape index (κ1) is 13.4. The van der Waals surface area contributed by atoms with Gasteiger partial charge in [-0.1, -0.05) is 13.3 Å². The first-order chi connectivity index (χ1) is 8.33. The van der Waals surface area contributed by atoms with Crippen LogP contribution in [0.15, 0.2) is 0 Å². The number of nitrogens with zero attached hydrogens (tertiary/aromatic N) is 1. The molecule has 1 aliphatic carbocycles. The minimum absolute atomic E-state index is 0.924. The summed E-state index contributed by atoms with van der Waals surface area (Å²) in [5, 5.41) is 3.33. The lowest BCUT2D eigenvalue weighted by Gasteiger charge is -2.40. The maximum absolute atomic E-state index is 3.33.